The Morgan fingerprint density at radius 2 is 1.20 bits per heavy atom. The molecule has 0 amide bonds. The van der Waals surface area contributed by atoms with Crippen LogP contribution in [0.3, 0.4) is 0 Å². The topological polar surface area (TPSA) is 371 Å². The van der Waals surface area contributed by atoms with Gasteiger partial charge in [-0.25, -0.2) is 4.79 Å². The molecule has 4 aliphatic heterocycles. The molecule has 8 fully saturated rings. The molecule has 434 valence electrons. The molecule has 4 heterocycles. The molecule has 0 aromatic carbocycles. The summed E-state index contributed by atoms with van der Waals surface area (Å²) in [5.74, 6) is -2.22. The van der Waals surface area contributed by atoms with Gasteiger partial charge in [-0.1, -0.05) is 60.1 Å². The van der Waals surface area contributed by atoms with Crippen LogP contribution in [0.15, 0.2) is 11.6 Å². The predicted octanol–water partition coefficient (Wildman–Crippen LogP) is -1.30. The number of hydrogen-bond acceptors (Lipinski definition) is 22. The fourth-order valence-electron chi connectivity index (χ4n) is 16.2. The number of rotatable bonds is 11. The number of allylic oxidation sites excluding steroid dienone is 2. The van der Waals surface area contributed by atoms with Crippen molar-refractivity contribution in [2.45, 2.75) is 235 Å². The Kier molecular flexibility index (Phi) is 16.2. The van der Waals surface area contributed by atoms with E-state index in [1.165, 1.54) is 5.57 Å². The number of ether oxygens (including phenoxy) is 8. The molecule has 0 aromatic heterocycles. The van der Waals surface area contributed by atoms with Crippen molar-refractivity contribution in [3.05, 3.63) is 11.6 Å². The van der Waals surface area contributed by atoms with E-state index in [9.17, 15) is 76.0 Å². The molecule has 23 heteroatoms. The first-order valence-corrected chi connectivity index (χ1v) is 27.2. The van der Waals surface area contributed by atoms with E-state index in [0.29, 0.717) is 44.9 Å². The Balaban J connectivity index is 0.996. The zero-order valence-electron chi connectivity index (χ0n) is 44.4. The lowest BCUT2D eigenvalue weighted by Crippen LogP contribution is -2.68. The average Bonchev–Trinajstić information content (AvgIpc) is 3.53. The lowest BCUT2D eigenvalue weighted by molar-refractivity contribution is -0.391. The van der Waals surface area contributed by atoms with E-state index in [4.69, 9.17) is 37.9 Å². The molecule has 23 nitrogen and oxygen atoms in total. The number of carboxylic acids is 1. The van der Waals surface area contributed by atoms with Crippen LogP contribution in [0.2, 0.25) is 0 Å². The SMILES string of the molecule is CC1(C)CC[C@]2(C(=O)O[C@@H]3O[C@H](CO)[C@@H](O)[C@H](O)[C@H]3O)CC[C@]3(C)C(=CC[C@@H]4[C@@]5(C)CC[C@H](O[C@@H]6O[C@H](C(=O)O)[C@@H](O)[C@H](O[C@@H]7O[C@H](CO)[C@@H](O)[C@H](O)[C@H]7O)[C@H]6O[C@@H]6OC[C@H](O)[C@H](O)[C@H]6O)C(C)(C)[C@@H]5CC[C@]43C)[C@@H]2C1. The molecule has 5 aliphatic carbocycles. The van der Waals surface area contributed by atoms with Crippen molar-refractivity contribution in [2.75, 3.05) is 19.8 Å². The Morgan fingerprint density at radius 3 is 1.83 bits per heavy atom. The van der Waals surface area contributed by atoms with Gasteiger partial charge in [-0.2, -0.15) is 0 Å². The highest BCUT2D eigenvalue weighted by Gasteiger charge is 2.70. The number of carbonyl (C=O) groups excluding carboxylic acids is 1. The molecule has 4 saturated heterocycles. The molecule has 76 heavy (non-hydrogen) atoms. The van der Waals surface area contributed by atoms with Crippen LogP contribution < -0.4 is 0 Å². The molecule has 4 saturated carbocycles. The summed E-state index contributed by atoms with van der Waals surface area (Å²) in [6.45, 7) is 13.7. The van der Waals surface area contributed by atoms with Crippen LogP contribution in [-0.2, 0) is 47.5 Å². The summed E-state index contributed by atoms with van der Waals surface area (Å²) in [5, 5.41) is 138. The van der Waals surface area contributed by atoms with E-state index < -0.39 is 165 Å². The lowest BCUT2D eigenvalue weighted by atomic mass is 9.33. The average molecular weight is 1090 g/mol. The number of carbonyl (C=O) groups is 2. The number of aliphatic hydroxyl groups excluding tert-OH is 12. The maximum Gasteiger partial charge on any atom is 0.335 e. The zero-order valence-corrected chi connectivity index (χ0v) is 44.4. The van der Waals surface area contributed by atoms with Crippen LogP contribution in [0, 0.1) is 50.2 Å². The summed E-state index contributed by atoms with van der Waals surface area (Å²) >= 11 is 0. The summed E-state index contributed by atoms with van der Waals surface area (Å²) in [6, 6.07) is 0. The smallest absolute Gasteiger partial charge is 0.335 e. The van der Waals surface area contributed by atoms with Gasteiger partial charge >= 0.3 is 11.9 Å². The van der Waals surface area contributed by atoms with Crippen molar-refractivity contribution in [1.82, 2.24) is 0 Å². The van der Waals surface area contributed by atoms with Crippen molar-refractivity contribution in [2.24, 2.45) is 50.2 Å². The summed E-state index contributed by atoms with van der Waals surface area (Å²) in [4.78, 5) is 27.6. The largest absolute Gasteiger partial charge is 0.479 e. The fraction of sp³-hybridized carbons (Fsp3) is 0.925. The Hall–Kier alpha value is -2.08. The van der Waals surface area contributed by atoms with Gasteiger partial charge in [0, 0.05) is 0 Å². The number of esters is 1. The Morgan fingerprint density at radius 1 is 0.605 bits per heavy atom. The Labute approximate surface area is 442 Å². The van der Waals surface area contributed by atoms with Crippen molar-refractivity contribution >= 4 is 11.9 Å². The molecule has 0 spiro atoms. The van der Waals surface area contributed by atoms with Crippen molar-refractivity contribution in [3.63, 3.8) is 0 Å². The van der Waals surface area contributed by atoms with Crippen molar-refractivity contribution in [1.29, 1.82) is 0 Å². The number of carboxylic acid groups (broad SMARTS) is 1. The summed E-state index contributed by atoms with van der Waals surface area (Å²) in [7, 11) is 0. The zero-order chi connectivity index (χ0) is 55.6. The molecule has 0 aromatic rings. The van der Waals surface area contributed by atoms with Crippen molar-refractivity contribution in [3.8, 4) is 0 Å². The van der Waals surface area contributed by atoms with Crippen LogP contribution in [0.5, 0.6) is 0 Å². The summed E-state index contributed by atoms with van der Waals surface area (Å²) in [6.07, 6.45) is -25.0. The van der Waals surface area contributed by atoms with Gasteiger partial charge in [0.15, 0.2) is 25.0 Å². The highest BCUT2D eigenvalue weighted by molar-refractivity contribution is 5.79. The third-order valence-corrected chi connectivity index (χ3v) is 21.0. The standard InChI is InChI=1S/C53H84O23/c1-48(2)14-16-53(47(68)76-45-37(64)34(61)32(59)26(20-55)71-45)17-15-51(6)22(23(53)18-48)8-9-28-50(5)12-11-29(49(3,4)27(50)10-13-52(28,51)7)72-46-41(75-43-35(62)30(57)24(56)21-69-43)39(38(65)40(74-46)42(66)67)73-44-36(63)33(60)31(58)25(19-54)70-44/h8,23-41,43-46,54-65H,9-21H2,1-7H3,(H,66,67)/t23-,24-,25+,26+,27-,28+,29-,30-,31+,32+,33-,34-,35+,36+,37+,38-,39-,40-,41+,43-,44-,45-,46+,50-,51+,52+,53-/m0/s1. The minimum Gasteiger partial charge on any atom is -0.479 e. The maximum absolute atomic E-state index is 14.8. The number of hydrogen-bond donors (Lipinski definition) is 13. The minimum absolute atomic E-state index is 0.00491. The number of aliphatic carboxylic acids is 1. The van der Waals surface area contributed by atoms with Gasteiger partial charge in [0.1, 0.15) is 85.5 Å². The van der Waals surface area contributed by atoms with Gasteiger partial charge < -0.3 is 104 Å². The number of aliphatic hydroxyl groups is 12. The normalized spacial score (nSPS) is 52.9. The predicted molar refractivity (Wildman–Crippen MR) is 257 cm³/mol. The monoisotopic (exact) mass is 1090 g/mol. The first kappa shape index (κ1) is 58.6. The Bertz CT molecular complexity index is 2140. The van der Waals surface area contributed by atoms with Gasteiger partial charge in [0.25, 0.3) is 0 Å². The molecule has 13 N–H and O–H groups in total. The molecule has 9 rings (SSSR count). The second kappa shape index (κ2) is 21.0. The van der Waals surface area contributed by atoms with E-state index in [-0.39, 0.29) is 39.4 Å². The molecular formula is C53H84O23. The van der Waals surface area contributed by atoms with Crippen LogP contribution >= 0.6 is 0 Å². The second-order valence-corrected chi connectivity index (χ2v) is 25.9. The van der Waals surface area contributed by atoms with Crippen LogP contribution in [0.4, 0.5) is 0 Å². The summed E-state index contributed by atoms with van der Waals surface area (Å²) < 4.78 is 48.1. The lowest BCUT2D eigenvalue weighted by Gasteiger charge is -2.71. The summed E-state index contributed by atoms with van der Waals surface area (Å²) in [5.41, 5.74) is -1.43. The first-order chi connectivity index (χ1) is 35.5. The third kappa shape index (κ3) is 9.42. The quantitative estimate of drug-likeness (QED) is 0.0649. The van der Waals surface area contributed by atoms with Crippen LogP contribution in [0.1, 0.15) is 113 Å². The molecule has 0 bridgehead atoms. The molecule has 0 radical (unpaired) electrons. The van der Waals surface area contributed by atoms with Crippen molar-refractivity contribution < 1.29 is 114 Å². The van der Waals surface area contributed by atoms with Crippen LogP contribution in [-0.4, -0.2) is 221 Å². The highest BCUT2D eigenvalue weighted by Crippen LogP contribution is 2.76. The first-order valence-electron chi connectivity index (χ1n) is 27.2. The van der Waals surface area contributed by atoms with Gasteiger partial charge in [-0.05, 0) is 109 Å². The van der Waals surface area contributed by atoms with E-state index in [1.54, 1.807) is 0 Å². The van der Waals surface area contributed by atoms with E-state index >= 15 is 0 Å². The van der Waals surface area contributed by atoms with Gasteiger partial charge in [0.05, 0.1) is 31.3 Å². The highest BCUT2D eigenvalue weighted by atomic mass is 16.8. The molecular weight excluding hydrogens is 1000 g/mol. The van der Waals surface area contributed by atoms with Crippen LogP contribution in [0.25, 0.3) is 0 Å². The minimum atomic E-state index is -2.10. The van der Waals surface area contributed by atoms with Gasteiger partial charge in [-0.15, -0.1) is 0 Å². The number of fused-ring (bicyclic) bond motifs is 7. The van der Waals surface area contributed by atoms with E-state index in [2.05, 4.69) is 54.5 Å². The van der Waals surface area contributed by atoms with E-state index in [1.807, 2.05) is 0 Å². The second-order valence-electron chi connectivity index (χ2n) is 25.9. The van der Waals surface area contributed by atoms with E-state index in [0.717, 1.165) is 19.3 Å². The third-order valence-electron chi connectivity index (χ3n) is 21.0. The molecule has 0 unspecified atom stereocenters. The molecule has 27 atom stereocenters. The molecule has 9 aliphatic rings. The fourth-order valence-corrected chi connectivity index (χ4v) is 16.2. The van der Waals surface area contributed by atoms with Gasteiger partial charge in [-0.3, -0.25) is 4.79 Å². The van der Waals surface area contributed by atoms with Gasteiger partial charge in [0.2, 0.25) is 6.29 Å². The maximum atomic E-state index is 14.8.